The molecule has 0 amide bonds. The number of likely N-dealkylation sites (N-methyl/N-ethyl adjacent to an activating group) is 1. The van der Waals surface area contributed by atoms with E-state index in [0.717, 1.165) is 33.9 Å². The highest BCUT2D eigenvalue weighted by Crippen LogP contribution is 2.51. The molecule has 2 aromatic carbocycles. The molecule has 2 unspecified atom stereocenters. The molecular weight excluding hydrogens is 673 g/mol. The first-order valence-electron chi connectivity index (χ1n) is 17.3. The molecule has 12 heteroatoms. The number of benzene rings is 2. The van der Waals surface area contributed by atoms with Gasteiger partial charge in [-0.05, 0) is 87.9 Å². The number of carbonyl (C=O) groups is 2. The molecular formula is C39H49N2O9S+. The Labute approximate surface area is 300 Å². The monoisotopic (exact) mass is 721 g/mol. The summed E-state index contributed by atoms with van der Waals surface area (Å²) in [5.74, 6) is -1.81. The number of aliphatic hydroxyl groups is 2. The Morgan fingerprint density at radius 3 is 2.18 bits per heavy atom. The summed E-state index contributed by atoms with van der Waals surface area (Å²) < 4.78 is 35.8. The molecule has 0 aromatic heterocycles. The number of anilines is 1. The summed E-state index contributed by atoms with van der Waals surface area (Å²) in [7, 11) is -4.40. The molecule has 11 nitrogen and oxygen atoms in total. The number of hydrogen-bond donors (Lipinski definition) is 5. The Hall–Kier alpha value is -4.36. The molecule has 51 heavy (non-hydrogen) atoms. The van der Waals surface area contributed by atoms with Crippen LogP contribution in [0.25, 0.3) is 0 Å². The summed E-state index contributed by atoms with van der Waals surface area (Å²) in [6.07, 6.45) is 15.9. The van der Waals surface area contributed by atoms with Gasteiger partial charge in [-0.25, -0.2) is 0 Å². The van der Waals surface area contributed by atoms with Crippen molar-refractivity contribution in [3.63, 3.8) is 0 Å². The van der Waals surface area contributed by atoms with Gasteiger partial charge in [0.05, 0.1) is 16.7 Å². The third-order valence-electron chi connectivity index (χ3n) is 9.88. The molecule has 2 aromatic rings. The van der Waals surface area contributed by atoms with Crippen molar-refractivity contribution in [1.82, 2.24) is 0 Å². The van der Waals surface area contributed by atoms with Gasteiger partial charge in [-0.1, -0.05) is 36.4 Å². The lowest BCUT2D eigenvalue weighted by Crippen LogP contribution is -2.32. The van der Waals surface area contributed by atoms with Crippen LogP contribution in [-0.4, -0.2) is 81.9 Å². The smallest absolute Gasteiger partial charge is 0.307 e. The van der Waals surface area contributed by atoms with Gasteiger partial charge in [-0.2, -0.15) is 13.0 Å². The Morgan fingerprint density at radius 2 is 1.53 bits per heavy atom. The van der Waals surface area contributed by atoms with Gasteiger partial charge in [0, 0.05) is 67.1 Å². The van der Waals surface area contributed by atoms with E-state index < -0.39 is 32.9 Å². The summed E-state index contributed by atoms with van der Waals surface area (Å²) in [4.78, 5) is 24.8. The highest BCUT2D eigenvalue weighted by atomic mass is 32.2. The maximum atomic E-state index is 12.0. The number of carboxylic acids is 2. The van der Waals surface area contributed by atoms with Crippen molar-refractivity contribution in [2.24, 2.45) is 0 Å². The van der Waals surface area contributed by atoms with Crippen molar-refractivity contribution in [2.75, 3.05) is 31.2 Å². The Balaban J connectivity index is 1.65. The number of aliphatic carboxylic acids is 2. The largest absolute Gasteiger partial charge is 0.481 e. The van der Waals surface area contributed by atoms with Gasteiger partial charge in [0.15, 0.2) is 12.3 Å². The average Bonchev–Trinajstić information content (AvgIpc) is 3.44. The van der Waals surface area contributed by atoms with E-state index in [2.05, 4.69) is 16.4 Å². The van der Waals surface area contributed by atoms with E-state index in [1.165, 1.54) is 12.1 Å². The fourth-order valence-corrected chi connectivity index (χ4v) is 7.93. The number of rotatable bonds is 18. The first kappa shape index (κ1) is 39.4. The van der Waals surface area contributed by atoms with Crippen LogP contribution in [0.5, 0.6) is 0 Å². The number of carboxylic acid groups (broad SMARTS) is 2. The zero-order valence-electron chi connectivity index (χ0n) is 29.5. The fourth-order valence-electron chi connectivity index (χ4n) is 7.42. The molecule has 0 spiro atoms. The number of hydrogen-bond acceptors (Lipinski definition) is 7. The topological polar surface area (TPSA) is 176 Å². The van der Waals surface area contributed by atoms with E-state index >= 15 is 0 Å². The van der Waals surface area contributed by atoms with Crippen LogP contribution in [0.4, 0.5) is 11.4 Å². The van der Waals surface area contributed by atoms with Crippen LogP contribution in [0.1, 0.15) is 76.0 Å². The SMILES string of the molecule is CCN1C(=CC=CC=CC=CC2=[N+](CCCO)c3ccc(CC(=O)O)cc3C2(C)CCCC(=O)O)C(C)(CCCO)c2cc(S(=O)(=O)O)ccc21. The van der Waals surface area contributed by atoms with Gasteiger partial charge >= 0.3 is 11.9 Å². The molecule has 0 fully saturated rings. The standard InChI is InChI=1S/C39H48N2O9S/c1-4-40-32-19-17-29(51(48,49)50)27-31(32)39(3,21-11-23-42)34(40)13-8-6-5-7-9-14-35-38(2,20-10-15-36(44)45)30-25-28(26-37(46)47)16-18-33(30)41(35)22-12-24-43/h5-9,13-14,16-19,25,27,42-43H,4,10-12,15,20-24,26H2,1-3H3,(H2-,44,45,46,47,48,49,50)/p+1. The molecule has 2 heterocycles. The average molecular weight is 722 g/mol. The zero-order valence-corrected chi connectivity index (χ0v) is 30.3. The van der Waals surface area contributed by atoms with Crippen molar-refractivity contribution >= 4 is 39.1 Å². The van der Waals surface area contributed by atoms with Crippen molar-refractivity contribution < 1.29 is 47.6 Å². The number of aliphatic hydroxyl groups excluding tert-OH is 2. The lowest BCUT2D eigenvalue weighted by molar-refractivity contribution is -0.438. The molecule has 2 aliphatic heterocycles. The van der Waals surface area contributed by atoms with Crippen molar-refractivity contribution in [1.29, 1.82) is 0 Å². The minimum absolute atomic E-state index is 0.00284. The second-order valence-electron chi connectivity index (χ2n) is 13.4. The molecule has 2 atom stereocenters. The normalized spacial score (nSPS) is 21.1. The van der Waals surface area contributed by atoms with Crippen LogP contribution in [-0.2, 0) is 37.0 Å². The molecule has 0 bridgehead atoms. The van der Waals surface area contributed by atoms with E-state index in [9.17, 15) is 43.0 Å². The van der Waals surface area contributed by atoms with Gasteiger partial charge in [-0.3, -0.25) is 14.1 Å². The van der Waals surface area contributed by atoms with Crippen LogP contribution in [0.15, 0.2) is 89.5 Å². The summed E-state index contributed by atoms with van der Waals surface area (Å²) in [5, 5.41) is 38.1. The Kier molecular flexibility index (Phi) is 13.0. The minimum Gasteiger partial charge on any atom is -0.481 e. The van der Waals surface area contributed by atoms with Crippen molar-refractivity contribution in [2.45, 2.75) is 81.4 Å². The summed E-state index contributed by atoms with van der Waals surface area (Å²) in [6.45, 7) is 7.21. The van der Waals surface area contributed by atoms with Crippen LogP contribution in [0, 0.1) is 0 Å². The van der Waals surface area contributed by atoms with Crippen LogP contribution in [0.3, 0.4) is 0 Å². The predicted molar refractivity (Wildman–Crippen MR) is 197 cm³/mol. The molecule has 2 aliphatic rings. The zero-order chi connectivity index (χ0) is 37.4. The van der Waals surface area contributed by atoms with E-state index in [4.69, 9.17) is 0 Å². The molecule has 5 N–H and O–H groups in total. The van der Waals surface area contributed by atoms with Crippen molar-refractivity contribution in [3.05, 3.63) is 101 Å². The number of allylic oxidation sites excluding steroid dienone is 8. The summed E-state index contributed by atoms with van der Waals surface area (Å²) in [5.41, 5.74) is 4.82. The first-order chi connectivity index (χ1) is 24.2. The van der Waals surface area contributed by atoms with E-state index in [0.29, 0.717) is 50.8 Å². The van der Waals surface area contributed by atoms with Crippen molar-refractivity contribution in [3.8, 4) is 0 Å². The van der Waals surface area contributed by atoms with Gasteiger partial charge in [0.1, 0.15) is 0 Å². The maximum Gasteiger partial charge on any atom is 0.307 e. The van der Waals surface area contributed by atoms with Gasteiger partial charge in [0.25, 0.3) is 10.1 Å². The van der Waals surface area contributed by atoms with E-state index in [-0.39, 0.29) is 31.0 Å². The Bertz CT molecular complexity index is 1890. The lowest BCUT2D eigenvalue weighted by atomic mass is 9.75. The quantitative estimate of drug-likeness (QED) is 0.0732. The molecule has 0 saturated carbocycles. The van der Waals surface area contributed by atoms with Gasteiger partial charge < -0.3 is 25.3 Å². The van der Waals surface area contributed by atoms with Gasteiger partial charge in [0.2, 0.25) is 5.69 Å². The van der Waals surface area contributed by atoms with Crippen LogP contribution in [0.2, 0.25) is 0 Å². The number of nitrogens with zero attached hydrogens (tertiary/aromatic N) is 2. The fraction of sp³-hybridized carbons (Fsp3) is 0.410. The second kappa shape index (κ2) is 16.8. The second-order valence-corrected chi connectivity index (χ2v) is 14.8. The van der Waals surface area contributed by atoms with E-state index in [1.807, 2.05) is 68.5 Å². The predicted octanol–water partition coefficient (Wildman–Crippen LogP) is 5.68. The molecule has 274 valence electrons. The highest BCUT2D eigenvalue weighted by Gasteiger charge is 2.47. The van der Waals surface area contributed by atoms with E-state index in [1.54, 1.807) is 12.1 Å². The van der Waals surface area contributed by atoms with Gasteiger partial charge in [-0.15, -0.1) is 0 Å². The minimum atomic E-state index is -4.40. The van der Waals surface area contributed by atoms with Crippen LogP contribution >= 0.6 is 0 Å². The molecule has 0 radical (unpaired) electrons. The first-order valence-corrected chi connectivity index (χ1v) is 18.7. The van der Waals surface area contributed by atoms with Crippen LogP contribution < -0.4 is 4.90 Å². The molecule has 4 rings (SSSR count). The Morgan fingerprint density at radius 1 is 0.843 bits per heavy atom. The number of fused-ring (bicyclic) bond motifs is 2. The third-order valence-corrected chi connectivity index (χ3v) is 10.7. The maximum absolute atomic E-state index is 12.0. The molecule has 0 aliphatic carbocycles. The summed E-state index contributed by atoms with van der Waals surface area (Å²) >= 11 is 0. The lowest BCUT2D eigenvalue weighted by Gasteiger charge is -2.29. The third kappa shape index (κ3) is 8.75. The highest BCUT2D eigenvalue weighted by molar-refractivity contribution is 7.85. The molecule has 0 saturated heterocycles. The summed E-state index contributed by atoms with van der Waals surface area (Å²) in [6, 6.07) is 10.2.